The van der Waals surface area contributed by atoms with Gasteiger partial charge >= 0.3 is 0 Å². The van der Waals surface area contributed by atoms with Gasteiger partial charge in [-0.3, -0.25) is 0 Å². The second kappa shape index (κ2) is 5.82. The van der Waals surface area contributed by atoms with Crippen LogP contribution in [0.5, 0.6) is 0 Å². The van der Waals surface area contributed by atoms with Crippen LogP contribution in [0.25, 0.3) is 5.69 Å². The van der Waals surface area contributed by atoms with Crippen LogP contribution < -0.4 is 5.32 Å². The molecule has 1 aliphatic rings. The van der Waals surface area contributed by atoms with E-state index in [1.165, 1.54) is 24.1 Å². The highest BCUT2D eigenvalue weighted by Gasteiger charge is 2.20. The number of hydrogen-bond acceptors (Lipinski definition) is 2. The third-order valence-corrected chi connectivity index (χ3v) is 4.63. The molecule has 0 amide bonds. The van der Waals surface area contributed by atoms with E-state index >= 15 is 0 Å². The molecule has 0 aliphatic heterocycles. The molecule has 1 saturated carbocycles. The van der Waals surface area contributed by atoms with E-state index in [1.807, 2.05) is 23.7 Å². The summed E-state index contributed by atoms with van der Waals surface area (Å²) in [5.74, 6) is 0. The fourth-order valence-electron chi connectivity index (χ4n) is 2.69. The summed E-state index contributed by atoms with van der Waals surface area (Å²) in [6.45, 7) is 7.28. The Kier molecular flexibility index (Phi) is 4.05. The third kappa shape index (κ3) is 3.14. The first-order chi connectivity index (χ1) is 10.1. The van der Waals surface area contributed by atoms with Crippen LogP contribution in [0.1, 0.15) is 35.4 Å². The van der Waals surface area contributed by atoms with E-state index in [0.717, 1.165) is 41.0 Å². The SMILES string of the molecule is Cc1ccc(-n2nc(C)c(CCNC3CC3)c2C)cc1Cl. The van der Waals surface area contributed by atoms with Crippen molar-refractivity contribution in [1.82, 2.24) is 15.1 Å². The van der Waals surface area contributed by atoms with Gasteiger partial charge in [-0.2, -0.15) is 5.10 Å². The molecule has 3 rings (SSSR count). The summed E-state index contributed by atoms with van der Waals surface area (Å²) < 4.78 is 2.01. The number of rotatable bonds is 5. The van der Waals surface area contributed by atoms with Crippen LogP contribution in [0.2, 0.25) is 5.02 Å². The Morgan fingerprint density at radius 1 is 1.29 bits per heavy atom. The molecule has 1 aliphatic carbocycles. The molecule has 1 heterocycles. The smallest absolute Gasteiger partial charge is 0.0663 e. The highest BCUT2D eigenvalue weighted by Crippen LogP contribution is 2.23. The normalized spacial score (nSPS) is 14.7. The standard InChI is InChI=1S/C17H22ClN3/c1-11-4-7-15(10-17(11)18)21-13(3)16(12(2)20-21)8-9-19-14-5-6-14/h4,7,10,14,19H,5-6,8-9H2,1-3H3. The van der Waals surface area contributed by atoms with Crippen LogP contribution in [0.4, 0.5) is 0 Å². The maximum Gasteiger partial charge on any atom is 0.0663 e. The predicted octanol–water partition coefficient (Wildman–Crippen LogP) is 3.75. The Labute approximate surface area is 131 Å². The summed E-state index contributed by atoms with van der Waals surface area (Å²) in [5, 5.41) is 9.05. The van der Waals surface area contributed by atoms with E-state index in [9.17, 15) is 0 Å². The lowest BCUT2D eigenvalue weighted by atomic mass is 10.1. The minimum atomic E-state index is 0.761. The molecule has 0 atom stereocenters. The van der Waals surface area contributed by atoms with Gasteiger partial charge in [-0.15, -0.1) is 0 Å². The number of nitrogens with zero attached hydrogens (tertiary/aromatic N) is 2. The van der Waals surface area contributed by atoms with Crippen LogP contribution in [-0.2, 0) is 6.42 Å². The Balaban J connectivity index is 1.83. The van der Waals surface area contributed by atoms with Crippen LogP contribution >= 0.6 is 11.6 Å². The van der Waals surface area contributed by atoms with Crippen LogP contribution in [0.3, 0.4) is 0 Å². The van der Waals surface area contributed by atoms with Gasteiger partial charge in [-0.1, -0.05) is 17.7 Å². The van der Waals surface area contributed by atoms with Crippen molar-refractivity contribution in [3.05, 3.63) is 45.7 Å². The van der Waals surface area contributed by atoms with E-state index in [0.29, 0.717) is 0 Å². The predicted molar refractivity (Wildman–Crippen MR) is 87.5 cm³/mol. The average Bonchev–Trinajstić information content (AvgIpc) is 3.23. The van der Waals surface area contributed by atoms with Gasteiger partial charge in [0.05, 0.1) is 11.4 Å². The van der Waals surface area contributed by atoms with Crippen LogP contribution in [-0.4, -0.2) is 22.4 Å². The van der Waals surface area contributed by atoms with Gasteiger partial charge in [0.15, 0.2) is 0 Å². The quantitative estimate of drug-likeness (QED) is 0.912. The molecule has 0 saturated heterocycles. The van der Waals surface area contributed by atoms with Crippen molar-refractivity contribution in [2.24, 2.45) is 0 Å². The Hall–Kier alpha value is -1.32. The summed E-state index contributed by atoms with van der Waals surface area (Å²) in [6, 6.07) is 6.87. The molecule has 0 radical (unpaired) electrons. The third-order valence-electron chi connectivity index (χ3n) is 4.23. The largest absolute Gasteiger partial charge is 0.314 e. The lowest BCUT2D eigenvalue weighted by molar-refractivity contribution is 0.679. The van der Waals surface area contributed by atoms with Crippen LogP contribution in [0, 0.1) is 20.8 Å². The van der Waals surface area contributed by atoms with Crippen molar-refractivity contribution >= 4 is 11.6 Å². The van der Waals surface area contributed by atoms with Gasteiger partial charge in [0, 0.05) is 16.8 Å². The van der Waals surface area contributed by atoms with Crippen molar-refractivity contribution in [3.63, 3.8) is 0 Å². The maximum absolute atomic E-state index is 6.24. The van der Waals surface area contributed by atoms with Crippen molar-refractivity contribution in [3.8, 4) is 5.69 Å². The molecule has 1 aromatic carbocycles. The van der Waals surface area contributed by atoms with Gasteiger partial charge < -0.3 is 5.32 Å². The van der Waals surface area contributed by atoms with Gasteiger partial charge in [-0.25, -0.2) is 4.68 Å². The van der Waals surface area contributed by atoms with Crippen molar-refractivity contribution in [2.45, 2.75) is 46.1 Å². The monoisotopic (exact) mass is 303 g/mol. The molecule has 1 aromatic heterocycles. The number of hydrogen-bond donors (Lipinski definition) is 1. The van der Waals surface area contributed by atoms with E-state index in [-0.39, 0.29) is 0 Å². The molecule has 0 bridgehead atoms. The second-order valence-corrected chi connectivity index (χ2v) is 6.38. The lowest BCUT2D eigenvalue weighted by Gasteiger charge is -2.08. The fraction of sp³-hybridized carbons (Fsp3) is 0.471. The highest BCUT2D eigenvalue weighted by atomic mass is 35.5. The molecule has 4 heteroatoms. The summed E-state index contributed by atoms with van der Waals surface area (Å²) in [6.07, 6.45) is 3.70. The first-order valence-electron chi connectivity index (χ1n) is 7.61. The zero-order valence-electron chi connectivity index (χ0n) is 12.9. The molecule has 3 nitrogen and oxygen atoms in total. The minimum absolute atomic E-state index is 0.761. The summed E-state index contributed by atoms with van der Waals surface area (Å²) >= 11 is 6.24. The van der Waals surface area contributed by atoms with Crippen molar-refractivity contribution < 1.29 is 0 Å². The summed E-state index contributed by atoms with van der Waals surface area (Å²) in [5.41, 5.74) is 5.80. The van der Waals surface area contributed by atoms with Crippen molar-refractivity contribution in [2.75, 3.05) is 6.54 Å². The highest BCUT2D eigenvalue weighted by molar-refractivity contribution is 6.31. The molecule has 0 unspecified atom stereocenters. The Morgan fingerprint density at radius 3 is 2.71 bits per heavy atom. The molecule has 1 fully saturated rings. The molecular weight excluding hydrogens is 282 g/mol. The summed E-state index contributed by atoms with van der Waals surface area (Å²) in [7, 11) is 0. The molecule has 1 N–H and O–H groups in total. The number of aromatic nitrogens is 2. The average molecular weight is 304 g/mol. The number of aryl methyl sites for hydroxylation is 2. The first kappa shape index (κ1) is 14.6. The van der Waals surface area contributed by atoms with Crippen molar-refractivity contribution in [1.29, 1.82) is 0 Å². The van der Waals surface area contributed by atoms with Gasteiger partial charge in [0.1, 0.15) is 0 Å². The first-order valence-corrected chi connectivity index (χ1v) is 7.99. The van der Waals surface area contributed by atoms with Gasteiger partial charge in [-0.05, 0) is 69.8 Å². The fourth-order valence-corrected chi connectivity index (χ4v) is 2.87. The van der Waals surface area contributed by atoms with E-state index in [2.05, 4.69) is 25.2 Å². The van der Waals surface area contributed by atoms with Gasteiger partial charge in [0.2, 0.25) is 0 Å². The van der Waals surface area contributed by atoms with Crippen LogP contribution in [0.15, 0.2) is 18.2 Å². The number of halogens is 1. The van der Waals surface area contributed by atoms with E-state index < -0.39 is 0 Å². The Bertz CT molecular complexity index is 656. The molecule has 0 spiro atoms. The summed E-state index contributed by atoms with van der Waals surface area (Å²) in [4.78, 5) is 0. The lowest BCUT2D eigenvalue weighted by Crippen LogP contribution is -2.19. The minimum Gasteiger partial charge on any atom is -0.314 e. The van der Waals surface area contributed by atoms with Gasteiger partial charge in [0.25, 0.3) is 0 Å². The second-order valence-electron chi connectivity index (χ2n) is 5.97. The topological polar surface area (TPSA) is 29.9 Å². The molecule has 2 aromatic rings. The Morgan fingerprint density at radius 2 is 2.05 bits per heavy atom. The zero-order chi connectivity index (χ0) is 15.0. The number of nitrogens with one attached hydrogen (secondary N) is 1. The molecular formula is C17H22ClN3. The zero-order valence-corrected chi connectivity index (χ0v) is 13.7. The number of benzene rings is 1. The molecule has 112 valence electrons. The molecule has 21 heavy (non-hydrogen) atoms. The maximum atomic E-state index is 6.24. The van der Waals surface area contributed by atoms with E-state index in [1.54, 1.807) is 0 Å². The van der Waals surface area contributed by atoms with E-state index in [4.69, 9.17) is 16.7 Å².